The van der Waals surface area contributed by atoms with Crippen LogP contribution in [0.1, 0.15) is 11.3 Å². The van der Waals surface area contributed by atoms with Gasteiger partial charge in [0.05, 0.1) is 11.9 Å². The van der Waals surface area contributed by atoms with E-state index in [1.165, 1.54) is 0 Å². The summed E-state index contributed by atoms with van der Waals surface area (Å²) in [5.41, 5.74) is 2.02. The lowest BCUT2D eigenvalue weighted by Gasteiger charge is -1.97. The van der Waals surface area contributed by atoms with Crippen LogP contribution in [-0.2, 0) is 0 Å². The maximum absolute atomic E-state index is 4.00. The topological polar surface area (TPSA) is 25.8 Å². The summed E-state index contributed by atoms with van der Waals surface area (Å²) in [6, 6.07) is 1.95. The minimum Gasteiger partial charge on any atom is -0.159 e. The molecule has 0 amide bonds. The Bertz CT molecular complexity index is 327. The lowest BCUT2D eigenvalue weighted by atomic mass is 10.1. The molecule has 1 heterocycles. The fourth-order valence-corrected chi connectivity index (χ4v) is 1.06. The number of nitrogens with zero attached hydrogens (tertiary/aromatic N) is 2. The van der Waals surface area contributed by atoms with E-state index >= 15 is 0 Å². The van der Waals surface area contributed by atoms with Crippen molar-refractivity contribution in [2.75, 3.05) is 0 Å². The molecule has 0 N–H and O–H groups in total. The third kappa shape index (κ3) is 1.32. The van der Waals surface area contributed by atoms with Crippen molar-refractivity contribution in [2.45, 2.75) is 0 Å². The Labute approximate surface area is 71.0 Å². The van der Waals surface area contributed by atoms with E-state index in [0.29, 0.717) is 0 Å². The molecule has 1 aliphatic rings. The maximum atomic E-state index is 4.00. The van der Waals surface area contributed by atoms with E-state index in [4.69, 9.17) is 0 Å². The van der Waals surface area contributed by atoms with Gasteiger partial charge in [-0.1, -0.05) is 30.4 Å². The van der Waals surface area contributed by atoms with Crippen molar-refractivity contribution in [2.24, 2.45) is 0 Å². The summed E-state index contributed by atoms with van der Waals surface area (Å²) < 4.78 is 0. The molecule has 0 unspecified atom stereocenters. The second-order valence-corrected chi connectivity index (χ2v) is 2.47. The number of hydrogen-bond donors (Lipinski definition) is 0. The zero-order valence-electron chi connectivity index (χ0n) is 6.51. The maximum Gasteiger partial charge on any atom is 0.0929 e. The summed E-state index contributed by atoms with van der Waals surface area (Å²) in [6.45, 7) is 0. The Balaban J connectivity index is 2.54. The Hall–Kier alpha value is -1.70. The Kier molecular flexibility index (Phi) is 1.82. The van der Waals surface area contributed by atoms with Crippen molar-refractivity contribution in [3.05, 3.63) is 47.8 Å². The highest BCUT2D eigenvalue weighted by Gasteiger charge is 1.95. The summed E-state index contributed by atoms with van der Waals surface area (Å²) in [6.07, 6.45) is 13.6. The zero-order valence-corrected chi connectivity index (χ0v) is 6.51. The molecule has 2 heteroatoms. The minimum absolute atomic E-state index is 0.915. The van der Waals surface area contributed by atoms with Gasteiger partial charge in [-0.3, -0.25) is 0 Å². The Morgan fingerprint density at radius 2 is 1.75 bits per heavy atom. The van der Waals surface area contributed by atoms with E-state index in [2.05, 4.69) is 10.2 Å². The second kappa shape index (κ2) is 3.13. The highest BCUT2D eigenvalue weighted by Crippen LogP contribution is 2.10. The number of hydrogen-bond acceptors (Lipinski definition) is 2. The summed E-state index contributed by atoms with van der Waals surface area (Å²) in [5, 5.41) is 7.81. The lowest BCUT2D eigenvalue weighted by molar-refractivity contribution is 1.01. The largest absolute Gasteiger partial charge is 0.159 e. The first-order valence-electron chi connectivity index (χ1n) is 3.80. The molecule has 0 aliphatic heterocycles. The quantitative estimate of drug-likeness (QED) is 0.574. The fourth-order valence-electron chi connectivity index (χ4n) is 1.06. The lowest BCUT2D eigenvalue weighted by Crippen LogP contribution is -1.89. The van der Waals surface area contributed by atoms with Crippen LogP contribution in [0.15, 0.2) is 36.6 Å². The molecule has 2 nitrogen and oxygen atoms in total. The first-order valence-corrected chi connectivity index (χ1v) is 3.80. The van der Waals surface area contributed by atoms with Crippen LogP contribution in [0.3, 0.4) is 0 Å². The highest BCUT2D eigenvalue weighted by molar-refractivity contribution is 5.64. The SMILES string of the molecule is C1=C\C=C/c2nnccc2\C=C/1. The first-order chi connectivity index (χ1) is 5.97. The minimum atomic E-state index is 0.915. The molecule has 0 saturated carbocycles. The molecule has 1 aromatic rings. The van der Waals surface area contributed by atoms with Crippen LogP contribution in [0.4, 0.5) is 0 Å². The standard InChI is InChI=1S/C10H8N2/c1-2-4-6-10-9(5-3-1)7-8-11-12-10/h1-8H/b2-1-,3-1?,4-2?,5-3-,6-4-,9-5?,10-6?. The van der Waals surface area contributed by atoms with Crippen LogP contribution < -0.4 is 0 Å². The fraction of sp³-hybridized carbons (Fsp3) is 0. The molecule has 2 rings (SSSR count). The van der Waals surface area contributed by atoms with E-state index in [-0.39, 0.29) is 0 Å². The number of rotatable bonds is 0. The number of aromatic nitrogens is 2. The molecule has 0 spiro atoms. The molecular weight excluding hydrogens is 148 g/mol. The van der Waals surface area contributed by atoms with Gasteiger partial charge in [0, 0.05) is 5.56 Å². The van der Waals surface area contributed by atoms with E-state index in [1.54, 1.807) is 6.20 Å². The van der Waals surface area contributed by atoms with Crippen LogP contribution in [0.2, 0.25) is 0 Å². The Morgan fingerprint density at radius 3 is 2.67 bits per heavy atom. The van der Waals surface area contributed by atoms with Crippen molar-refractivity contribution in [1.82, 2.24) is 10.2 Å². The van der Waals surface area contributed by atoms with E-state index < -0.39 is 0 Å². The van der Waals surface area contributed by atoms with Crippen molar-refractivity contribution in [1.29, 1.82) is 0 Å². The van der Waals surface area contributed by atoms with E-state index in [1.807, 2.05) is 42.5 Å². The monoisotopic (exact) mass is 156 g/mol. The predicted octanol–water partition coefficient (Wildman–Crippen LogP) is 2.07. The van der Waals surface area contributed by atoms with Gasteiger partial charge in [-0.2, -0.15) is 10.2 Å². The molecule has 0 atom stereocenters. The van der Waals surface area contributed by atoms with Gasteiger partial charge in [0.1, 0.15) is 0 Å². The van der Waals surface area contributed by atoms with Crippen LogP contribution in [-0.4, -0.2) is 10.2 Å². The Morgan fingerprint density at radius 1 is 0.917 bits per heavy atom. The molecule has 0 saturated heterocycles. The van der Waals surface area contributed by atoms with Crippen LogP contribution in [0, 0.1) is 0 Å². The molecular formula is C10H8N2. The molecule has 1 aliphatic carbocycles. The summed E-state index contributed by atoms with van der Waals surface area (Å²) in [4.78, 5) is 0. The van der Waals surface area contributed by atoms with Gasteiger partial charge in [-0.05, 0) is 12.1 Å². The number of fused-ring (bicyclic) bond motifs is 1. The van der Waals surface area contributed by atoms with E-state index in [9.17, 15) is 0 Å². The van der Waals surface area contributed by atoms with Crippen molar-refractivity contribution in [3.63, 3.8) is 0 Å². The predicted molar refractivity (Wildman–Crippen MR) is 49.2 cm³/mol. The van der Waals surface area contributed by atoms with Gasteiger partial charge in [0.15, 0.2) is 0 Å². The molecule has 12 heavy (non-hydrogen) atoms. The van der Waals surface area contributed by atoms with E-state index in [0.717, 1.165) is 11.3 Å². The van der Waals surface area contributed by atoms with Gasteiger partial charge >= 0.3 is 0 Å². The highest BCUT2D eigenvalue weighted by atomic mass is 15.1. The van der Waals surface area contributed by atoms with Crippen molar-refractivity contribution >= 4 is 12.2 Å². The van der Waals surface area contributed by atoms with Gasteiger partial charge in [0.2, 0.25) is 0 Å². The summed E-state index contributed by atoms with van der Waals surface area (Å²) in [5.74, 6) is 0. The average molecular weight is 156 g/mol. The summed E-state index contributed by atoms with van der Waals surface area (Å²) in [7, 11) is 0. The molecule has 0 fully saturated rings. The molecule has 0 bridgehead atoms. The third-order valence-electron chi connectivity index (χ3n) is 1.65. The van der Waals surface area contributed by atoms with Crippen molar-refractivity contribution in [3.8, 4) is 0 Å². The van der Waals surface area contributed by atoms with Gasteiger partial charge in [-0.25, -0.2) is 0 Å². The molecule has 0 aromatic carbocycles. The number of allylic oxidation sites excluding steroid dienone is 4. The first kappa shape index (κ1) is 6.98. The smallest absolute Gasteiger partial charge is 0.0929 e. The molecule has 58 valence electrons. The van der Waals surface area contributed by atoms with Crippen LogP contribution >= 0.6 is 0 Å². The van der Waals surface area contributed by atoms with Gasteiger partial charge < -0.3 is 0 Å². The zero-order chi connectivity index (χ0) is 8.23. The van der Waals surface area contributed by atoms with Gasteiger partial charge in [-0.15, -0.1) is 0 Å². The third-order valence-corrected chi connectivity index (χ3v) is 1.65. The average Bonchev–Trinajstić information content (AvgIpc) is 2.06. The van der Waals surface area contributed by atoms with Gasteiger partial charge in [0.25, 0.3) is 0 Å². The van der Waals surface area contributed by atoms with Crippen molar-refractivity contribution < 1.29 is 0 Å². The molecule has 0 radical (unpaired) electrons. The normalized spacial score (nSPS) is 21.7. The second-order valence-electron chi connectivity index (χ2n) is 2.47. The summed E-state index contributed by atoms with van der Waals surface area (Å²) >= 11 is 0. The van der Waals surface area contributed by atoms with Crippen LogP contribution in [0.5, 0.6) is 0 Å². The van der Waals surface area contributed by atoms with Crippen LogP contribution in [0.25, 0.3) is 12.2 Å². The molecule has 1 aromatic heterocycles.